The Morgan fingerprint density at radius 1 is 1.00 bits per heavy atom. The molecule has 0 bridgehead atoms. The SMILES string of the molecule is O=C(O)[C@@](O)(COCc1ccccc1)c1ccccc1. The summed E-state index contributed by atoms with van der Waals surface area (Å²) in [5.41, 5.74) is -0.801. The monoisotopic (exact) mass is 272 g/mol. The summed E-state index contributed by atoms with van der Waals surface area (Å²) in [6.45, 7) is -0.0511. The van der Waals surface area contributed by atoms with Crippen LogP contribution < -0.4 is 0 Å². The third-order valence-electron chi connectivity index (χ3n) is 3.03. The van der Waals surface area contributed by atoms with Crippen LogP contribution >= 0.6 is 0 Å². The molecule has 4 heteroatoms. The van der Waals surface area contributed by atoms with Crippen LogP contribution in [0.4, 0.5) is 0 Å². The number of carbonyl (C=O) groups is 1. The minimum Gasteiger partial charge on any atom is -0.479 e. The standard InChI is InChI=1S/C16H16O4/c17-15(18)16(19,14-9-5-2-6-10-14)12-20-11-13-7-3-1-4-8-13/h1-10,19H,11-12H2,(H,17,18)/t16-/m1/s1. The zero-order chi connectivity index (χ0) is 14.4. The Balaban J connectivity index is 2.05. The number of ether oxygens (including phenoxy) is 1. The van der Waals surface area contributed by atoms with Crippen molar-refractivity contribution >= 4 is 5.97 Å². The van der Waals surface area contributed by atoms with E-state index in [-0.39, 0.29) is 13.2 Å². The molecule has 2 aromatic carbocycles. The molecule has 0 aromatic heterocycles. The van der Waals surface area contributed by atoms with Crippen molar-refractivity contribution in [1.82, 2.24) is 0 Å². The third kappa shape index (κ3) is 3.23. The van der Waals surface area contributed by atoms with Crippen molar-refractivity contribution < 1.29 is 19.7 Å². The van der Waals surface area contributed by atoms with Gasteiger partial charge in [0, 0.05) is 0 Å². The highest BCUT2D eigenvalue weighted by molar-refractivity contribution is 5.79. The van der Waals surface area contributed by atoms with E-state index >= 15 is 0 Å². The van der Waals surface area contributed by atoms with Gasteiger partial charge in [0.25, 0.3) is 0 Å². The number of hydrogen-bond acceptors (Lipinski definition) is 3. The van der Waals surface area contributed by atoms with Crippen molar-refractivity contribution in [2.75, 3.05) is 6.61 Å². The topological polar surface area (TPSA) is 66.8 Å². The van der Waals surface area contributed by atoms with Gasteiger partial charge < -0.3 is 14.9 Å². The molecule has 0 aliphatic carbocycles. The van der Waals surface area contributed by atoms with Gasteiger partial charge in [0.15, 0.2) is 0 Å². The highest BCUT2D eigenvalue weighted by atomic mass is 16.5. The van der Waals surface area contributed by atoms with Crippen molar-refractivity contribution in [3.63, 3.8) is 0 Å². The third-order valence-corrected chi connectivity index (χ3v) is 3.03. The number of hydrogen-bond donors (Lipinski definition) is 2. The zero-order valence-corrected chi connectivity index (χ0v) is 10.9. The summed E-state index contributed by atoms with van der Waals surface area (Å²) in [6.07, 6.45) is 0. The van der Waals surface area contributed by atoms with Gasteiger partial charge in [-0.15, -0.1) is 0 Å². The predicted molar refractivity (Wildman–Crippen MR) is 74.1 cm³/mol. The average Bonchev–Trinajstić information content (AvgIpc) is 2.49. The van der Waals surface area contributed by atoms with Gasteiger partial charge in [-0.25, -0.2) is 4.79 Å². The highest BCUT2D eigenvalue weighted by Crippen LogP contribution is 2.22. The maximum atomic E-state index is 11.3. The van der Waals surface area contributed by atoms with Crippen LogP contribution in [0, 0.1) is 0 Å². The van der Waals surface area contributed by atoms with Crippen molar-refractivity contribution in [2.45, 2.75) is 12.2 Å². The van der Waals surface area contributed by atoms with Gasteiger partial charge in [-0.2, -0.15) is 0 Å². The van der Waals surface area contributed by atoms with Crippen molar-refractivity contribution in [3.05, 3.63) is 71.8 Å². The van der Waals surface area contributed by atoms with Gasteiger partial charge in [0.05, 0.1) is 13.2 Å². The van der Waals surface area contributed by atoms with E-state index < -0.39 is 11.6 Å². The first kappa shape index (κ1) is 14.2. The summed E-state index contributed by atoms with van der Waals surface area (Å²) in [7, 11) is 0. The summed E-state index contributed by atoms with van der Waals surface area (Å²) in [5.74, 6) is -1.32. The molecule has 4 nitrogen and oxygen atoms in total. The molecule has 0 spiro atoms. The molecule has 1 atom stereocenters. The number of benzene rings is 2. The second-order valence-electron chi connectivity index (χ2n) is 4.51. The molecule has 104 valence electrons. The van der Waals surface area contributed by atoms with Gasteiger partial charge in [0.2, 0.25) is 5.60 Å². The fourth-order valence-electron chi connectivity index (χ4n) is 1.87. The molecular formula is C16H16O4. The fraction of sp³-hybridized carbons (Fsp3) is 0.188. The molecule has 0 amide bonds. The Morgan fingerprint density at radius 3 is 2.10 bits per heavy atom. The Hall–Kier alpha value is -2.17. The van der Waals surface area contributed by atoms with Crippen LogP contribution in [0.1, 0.15) is 11.1 Å². The van der Waals surface area contributed by atoms with Crippen LogP contribution in [-0.4, -0.2) is 22.8 Å². The molecule has 0 radical (unpaired) electrons. The Morgan fingerprint density at radius 2 is 1.55 bits per heavy atom. The lowest BCUT2D eigenvalue weighted by Crippen LogP contribution is -2.40. The first-order valence-electron chi connectivity index (χ1n) is 6.26. The van der Waals surface area contributed by atoms with Gasteiger partial charge in [-0.3, -0.25) is 0 Å². The summed E-state index contributed by atoms with van der Waals surface area (Å²) >= 11 is 0. The molecule has 0 aliphatic heterocycles. The first-order valence-corrected chi connectivity index (χ1v) is 6.26. The lowest BCUT2D eigenvalue weighted by Gasteiger charge is -2.23. The first-order chi connectivity index (χ1) is 9.63. The van der Waals surface area contributed by atoms with Crippen molar-refractivity contribution in [2.24, 2.45) is 0 Å². The molecule has 20 heavy (non-hydrogen) atoms. The number of aliphatic hydroxyl groups is 1. The number of carboxylic acid groups (broad SMARTS) is 1. The van der Waals surface area contributed by atoms with Crippen LogP contribution in [0.5, 0.6) is 0 Å². The molecule has 0 aliphatic rings. The van der Waals surface area contributed by atoms with Gasteiger partial charge in [-0.05, 0) is 11.1 Å². The quantitative estimate of drug-likeness (QED) is 0.845. The number of rotatable bonds is 6. The van der Waals surface area contributed by atoms with E-state index in [2.05, 4.69) is 0 Å². The van der Waals surface area contributed by atoms with Crippen molar-refractivity contribution in [1.29, 1.82) is 0 Å². The second kappa shape index (κ2) is 6.32. The maximum absolute atomic E-state index is 11.3. The van der Waals surface area contributed by atoms with E-state index in [9.17, 15) is 15.0 Å². The molecule has 0 fully saturated rings. The van der Waals surface area contributed by atoms with Crippen LogP contribution in [0.25, 0.3) is 0 Å². The van der Waals surface area contributed by atoms with E-state index in [1.165, 1.54) is 0 Å². The van der Waals surface area contributed by atoms with E-state index in [0.29, 0.717) is 5.56 Å². The largest absolute Gasteiger partial charge is 0.479 e. The summed E-state index contributed by atoms with van der Waals surface area (Å²) in [5, 5.41) is 19.6. The average molecular weight is 272 g/mol. The molecule has 0 unspecified atom stereocenters. The smallest absolute Gasteiger partial charge is 0.342 e. The highest BCUT2D eigenvalue weighted by Gasteiger charge is 2.38. The van der Waals surface area contributed by atoms with Crippen molar-refractivity contribution in [3.8, 4) is 0 Å². The minimum atomic E-state index is -2.03. The Kier molecular flexibility index (Phi) is 4.50. The van der Waals surface area contributed by atoms with Gasteiger partial charge in [-0.1, -0.05) is 60.7 Å². The van der Waals surface area contributed by atoms with Gasteiger partial charge >= 0.3 is 5.97 Å². The van der Waals surface area contributed by atoms with Crippen LogP contribution in [0.15, 0.2) is 60.7 Å². The second-order valence-corrected chi connectivity index (χ2v) is 4.51. The summed E-state index contributed by atoms with van der Waals surface area (Å²) in [6, 6.07) is 17.7. The molecule has 2 rings (SSSR count). The molecule has 0 heterocycles. The van der Waals surface area contributed by atoms with E-state index in [1.54, 1.807) is 30.3 Å². The van der Waals surface area contributed by atoms with Gasteiger partial charge in [0.1, 0.15) is 0 Å². The molecule has 0 saturated carbocycles. The molecular weight excluding hydrogens is 256 g/mol. The lowest BCUT2D eigenvalue weighted by atomic mass is 9.95. The molecule has 2 aromatic rings. The molecule has 2 N–H and O–H groups in total. The van der Waals surface area contributed by atoms with Crippen LogP contribution in [-0.2, 0) is 21.7 Å². The zero-order valence-electron chi connectivity index (χ0n) is 10.9. The Labute approximate surface area is 117 Å². The van der Waals surface area contributed by atoms with Crippen LogP contribution in [0.2, 0.25) is 0 Å². The fourth-order valence-corrected chi connectivity index (χ4v) is 1.87. The number of carboxylic acids is 1. The van der Waals surface area contributed by atoms with E-state index in [4.69, 9.17) is 4.74 Å². The Bertz CT molecular complexity index is 553. The molecule has 0 saturated heterocycles. The van der Waals surface area contributed by atoms with E-state index in [1.807, 2.05) is 30.3 Å². The predicted octanol–water partition coefficient (Wildman–Crippen LogP) is 2.18. The van der Waals surface area contributed by atoms with E-state index in [0.717, 1.165) is 5.56 Å². The summed E-state index contributed by atoms with van der Waals surface area (Å²) in [4.78, 5) is 11.3. The van der Waals surface area contributed by atoms with Crippen LogP contribution in [0.3, 0.4) is 0 Å². The number of aliphatic carboxylic acids is 1. The maximum Gasteiger partial charge on any atom is 0.342 e. The summed E-state index contributed by atoms with van der Waals surface area (Å²) < 4.78 is 5.37. The lowest BCUT2D eigenvalue weighted by molar-refractivity contribution is -0.167. The minimum absolute atomic E-state index is 0.253. The normalized spacial score (nSPS) is 13.7.